The second-order valence-corrected chi connectivity index (χ2v) is 2.94. The molecule has 2 rings (SSSR count). The van der Waals surface area contributed by atoms with Crippen molar-refractivity contribution >= 4 is 0 Å². The van der Waals surface area contributed by atoms with Crippen LogP contribution in [0.15, 0.2) is 35.3 Å². The molecule has 0 N–H and O–H groups in total. The van der Waals surface area contributed by atoms with E-state index in [2.05, 4.69) is 4.98 Å². The van der Waals surface area contributed by atoms with Gasteiger partial charge in [0.25, 0.3) is 0 Å². The molecule has 0 bridgehead atoms. The van der Waals surface area contributed by atoms with Crippen LogP contribution in [0, 0.1) is 0 Å². The molecule has 4 heteroatoms. The first-order valence-electron chi connectivity index (χ1n) is 4.45. The highest BCUT2D eigenvalue weighted by Crippen LogP contribution is 2.31. The van der Waals surface area contributed by atoms with Gasteiger partial charge in [-0.1, -0.05) is 0 Å². The molecule has 0 aliphatic rings. The van der Waals surface area contributed by atoms with Crippen molar-refractivity contribution in [2.24, 2.45) is 0 Å². The molecule has 1 aromatic carbocycles. The van der Waals surface area contributed by atoms with Crippen LogP contribution in [0.1, 0.15) is 0 Å². The first-order valence-corrected chi connectivity index (χ1v) is 4.45. The third-order valence-corrected chi connectivity index (χ3v) is 2.11. The van der Waals surface area contributed by atoms with Gasteiger partial charge < -0.3 is 13.9 Å². The lowest BCUT2D eigenvalue weighted by Crippen LogP contribution is -1.90. The van der Waals surface area contributed by atoms with Crippen LogP contribution in [-0.4, -0.2) is 19.2 Å². The number of aromatic nitrogens is 1. The van der Waals surface area contributed by atoms with Crippen molar-refractivity contribution in [3.8, 4) is 22.8 Å². The molecule has 2 aromatic rings. The van der Waals surface area contributed by atoms with Crippen molar-refractivity contribution < 1.29 is 13.9 Å². The van der Waals surface area contributed by atoms with Gasteiger partial charge in [-0.25, -0.2) is 4.98 Å². The maximum absolute atomic E-state index is 5.19. The van der Waals surface area contributed by atoms with E-state index in [0.717, 1.165) is 11.3 Å². The Balaban J connectivity index is 2.43. The van der Waals surface area contributed by atoms with Gasteiger partial charge in [-0.15, -0.1) is 0 Å². The fourth-order valence-corrected chi connectivity index (χ4v) is 1.35. The lowest BCUT2D eigenvalue weighted by Gasteiger charge is -2.07. The molecule has 0 unspecified atom stereocenters. The Morgan fingerprint density at radius 3 is 2.53 bits per heavy atom. The van der Waals surface area contributed by atoms with Crippen LogP contribution in [0.4, 0.5) is 0 Å². The predicted octanol–water partition coefficient (Wildman–Crippen LogP) is 2.36. The van der Waals surface area contributed by atoms with E-state index in [1.165, 1.54) is 6.39 Å². The second-order valence-electron chi connectivity index (χ2n) is 2.94. The van der Waals surface area contributed by atoms with Crippen LogP contribution in [0.3, 0.4) is 0 Å². The van der Waals surface area contributed by atoms with Crippen molar-refractivity contribution in [1.29, 1.82) is 0 Å². The molecule has 0 fully saturated rings. The highest BCUT2D eigenvalue weighted by atomic mass is 16.5. The number of hydrogen-bond acceptors (Lipinski definition) is 4. The highest BCUT2D eigenvalue weighted by molar-refractivity contribution is 5.62. The standard InChI is InChI=1S/C11H11NO3/c1-13-10-4-3-8(5-11(10)14-2)9-6-15-7-12-9/h3-7H,1-2H3. The Morgan fingerprint density at radius 2 is 1.93 bits per heavy atom. The number of oxazole rings is 1. The van der Waals surface area contributed by atoms with E-state index in [4.69, 9.17) is 13.9 Å². The molecular weight excluding hydrogens is 194 g/mol. The van der Waals surface area contributed by atoms with E-state index in [1.54, 1.807) is 20.5 Å². The molecule has 0 aliphatic carbocycles. The fraction of sp³-hybridized carbons (Fsp3) is 0.182. The number of rotatable bonds is 3. The maximum atomic E-state index is 5.19. The normalized spacial score (nSPS) is 10.0. The molecule has 0 saturated carbocycles. The summed E-state index contributed by atoms with van der Waals surface area (Å²) in [7, 11) is 3.21. The fourth-order valence-electron chi connectivity index (χ4n) is 1.35. The molecule has 0 aliphatic heterocycles. The second kappa shape index (κ2) is 4.04. The molecule has 0 radical (unpaired) electrons. The molecule has 0 amide bonds. The summed E-state index contributed by atoms with van der Waals surface area (Å²) in [6.07, 6.45) is 2.98. The summed E-state index contributed by atoms with van der Waals surface area (Å²) >= 11 is 0. The minimum absolute atomic E-state index is 0.679. The van der Waals surface area contributed by atoms with E-state index in [9.17, 15) is 0 Å². The molecule has 4 nitrogen and oxygen atoms in total. The first-order chi connectivity index (χ1) is 7.35. The van der Waals surface area contributed by atoms with Crippen LogP contribution < -0.4 is 9.47 Å². The summed E-state index contributed by atoms with van der Waals surface area (Å²) in [5, 5.41) is 0. The Morgan fingerprint density at radius 1 is 1.13 bits per heavy atom. The summed E-state index contributed by atoms with van der Waals surface area (Å²) < 4.78 is 15.2. The van der Waals surface area contributed by atoms with E-state index in [1.807, 2.05) is 18.2 Å². The van der Waals surface area contributed by atoms with Crippen LogP contribution in [-0.2, 0) is 0 Å². The van der Waals surface area contributed by atoms with Crippen LogP contribution in [0.2, 0.25) is 0 Å². The largest absolute Gasteiger partial charge is 0.493 e. The summed E-state index contributed by atoms with van der Waals surface area (Å²) in [5.74, 6) is 1.38. The Labute approximate surface area is 87.5 Å². The van der Waals surface area contributed by atoms with Crippen LogP contribution in [0.5, 0.6) is 11.5 Å². The predicted molar refractivity (Wildman–Crippen MR) is 55.0 cm³/mol. The summed E-state index contributed by atoms with van der Waals surface area (Å²) in [6.45, 7) is 0. The van der Waals surface area contributed by atoms with Gasteiger partial charge in [-0.2, -0.15) is 0 Å². The number of methoxy groups -OCH3 is 2. The van der Waals surface area contributed by atoms with E-state index in [-0.39, 0.29) is 0 Å². The van der Waals surface area contributed by atoms with Gasteiger partial charge in [0.05, 0.1) is 14.2 Å². The van der Waals surface area contributed by atoms with Crippen molar-refractivity contribution in [3.63, 3.8) is 0 Å². The first kappa shape index (κ1) is 9.58. The highest BCUT2D eigenvalue weighted by Gasteiger charge is 2.07. The van der Waals surface area contributed by atoms with Crippen molar-refractivity contribution in [3.05, 3.63) is 30.9 Å². The van der Waals surface area contributed by atoms with Gasteiger partial charge in [0.2, 0.25) is 0 Å². The Hall–Kier alpha value is -1.97. The Kier molecular flexibility index (Phi) is 2.58. The molecule has 0 atom stereocenters. The van der Waals surface area contributed by atoms with Crippen LogP contribution in [0.25, 0.3) is 11.3 Å². The molecule has 1 aromatic heterocycles. The van der Waals surface area contributed by atoms with E-state index < -0.39 is 0 Å². The minimum atomic E-state index is 0.679. The number of nitrogens with zero attached hydrogens (tertiary/aromatic N) is 1. The number of ether oxygens (including phenoxy) is 2. The number of benzene rings is 1. The molecule has 0 saturated heterocycles. The van der Waals surface area contributed by atoms with Gasteiger partial charge in [0.1, 0.15) is 12.0 Å². The topological polar surface area (TPSA) is 44.5 Å². The maximum Gasteiger partial charge on any atom is 0.181 e. The van der Waals surface area contributed by atoms with Crippen LogP contribution >= 0.6 is 0 Å². The van der Waals surface area contributed by atoms with Crippen molar-refractivity contribution in [1.82, 2.24) is 4.98 Å². The lowest BCUT2D eigenvalue weighted by atomic mass is 10.1. The minimum Gasteiger partial charge on any atom is -0.493 e. The van der Waals surface area contributed by atoms with Crippen molar-refractivity contribution in [2.45, 2.75) is 0 Å². The third kappa shape index (κ3) is 1.79. The SMILES string of the molecule is COc1ccc(-c2cocn2)cc1OC. The third-order valence-electron chi connectivity index (χ3n) is 2.11. The Bertz CT molecular complexity index is 437. The molecule has 1 heterocycles. The molecular formula is C11H11NO3. The van der Waals surface area contributed by atoms with Gasteiger partial charge in [0.15, 0.2) is 17.9 Å². The monoisotopic (exact) mass is 205 g/mol. The van der Waals surface area contributed by atoms with E-state index in [0.29, 0.717) is 11.5 Å². The number of hydrogen-bond donors (Lipinski definition) is 0. The van der Waals surface area contributed by atoms with E-state index >= 15 is 0 Å². The zero-order chi connectivity index (χ0) is 10.7. The lowest BCUT2D eigenvalue weighted by molar-refractivity contribution is 0.355. The van der Waals surface area contributed by atoms with Gasteiger partial charge in [0, 0.05) is 5.56 Å². The summed E-state index contributed by atoms with van der Waals surface area (Å²) in [5.41, 5.74) is 1.71. The molecule has 0 spiro atoms. The summed E-state index contributed by atoms with van der Waals surface area (Å²) in [6, 6.07) is 5.60. The average Bonchev–Trinajstić information content (AvgIpc) is 2.81. The zero-order valence-corrected chi connectivity index (χ0v) is 8.56. The molecule has 78 valence electrons. The smallest absolute Gasteiger partial charge is 0.181 e. The zero-order valence-electron chi connectivity index (χ0n) is 8.56. The van der Waals surface area contributed by atoms with Crippen molar-refractivity contribution in [2.75, 3.05) is 14.2 Å². The quantitative estimate of drug-likeness (QED) is 0.771. The van der Waals surface area contributed by atoms with Gasteiger partial charge in [-0.3, -0.25) is 0 Å². The average molecular weight is 205 g/mol. The summed E-state index contributed by atoms with van der Waals surface area (Å²) in [4.78, 5) is 4.05. The van der Waals surface area contributed by atoms with Gasteiger partial charge >= 0.3 is 0 Å². The van der Waals surface area contributed by atoms with Gasteiger partial charge in [-0.05, 0) is 18.2 Å². The molecule has 15 heavy (non-hydrogen) atoms.